The van der Waals surface area contributed by atoms with Gasteiger partial charge in [-0.3, -0.25) is 14.4 Å². The minimum atomic E-state index is -0.774. The third kappa shape index (κ3) is 48.9. The van der Waals surface area contributed by atoms with Crippen molar-refractivity contribution < 1.29 is 28.6 Å². The lowest BCUT2D eigenvalue weighted by molar-refractivity contribution is -0.167. The first-order valence-corrected chi connectivity index (χ1v) is 27.3. The molecule has 0 aliphatic carbocycles. The predicted molar refractivity (Wildman–Crippen MR) is 266 cm³/mol. The van der Waals surface area contributed by atoms with Gasteiger partial charge in [0.1, 0.15) is 13.2 Å². The molecule has 6 heteroatoms. The van der Waals surface area contributed by atoms with Crippen molar-refractivity contribution in [1.82, 2.24) is 0 Å². The zero-order chi connectivity index (χ0) is 45.1. The Balaban J connectivity index is 4.29. The highest BCUT2D eigenvalue weighted by Crippen LogP contribution is 2.16. The van der Waals surface area contributed by atoms with Gasteiger partial charge in [-0.15, -0.1) is 0 Å². The molecule has 0 aromatic carbocycles. The van der Waals surface area contributed by atoms with E-state index in [2.05, 4.69) is 45.1 Å². The molecule has 0 unspecified atom stereocenters. The number of allylic oxidation sites excluding steroid dienone is 4. The number of rotatable bonds is 50. The van der Waals surface area contributed by atoms with E-state index in [-0.39, 0.29) is 31.1 Å². The molecule has 1 atom stereocenters. The Kier molecular flexibility index (Phi) is 49.8. The van der Waals surface area contributed by atoms with Crippen molar-refractivity contribution in [2.24, 2.45) is 0 Å². The SMILES string of the molecule is CCCCC/C=C\CCCCCCCC(=O)OC[C@H](COC(=O)CCCCCCCCCCCCCCCCCCCCC)OC(=O)CCCCCCC/C=C\CCCCCC. The molecule has 0 rings (SSSR count). The molecule has 364 valence electrons. The molecule has 0 saturated carbocycles. The number of carbonyl (C=O) groups excluding carboxylic acids is 3. The molecule has 0 N–H and O–H groups in total. The highest BCUT2D eigenvalue weighted by atomic mass is 16.6. The molecule has 0 bridgehead atoms. The maximum absolute atomic E-state index is 12.8. The number of ether oxygens (including phenoxy) is 3. The molecule has 0 spiro atoms. The van der Waals surface area contributed by atoms with E-state index in [0.29, 0.717) is 19.3 Å². The number of hydrogen-bond donors (Lipinski definition) is 0. The van der Waals surface area contributed by atoms with Gasteiger partial charge in [0.05, 0.1) is 0 Å². The van der Waals surface area contributed by atoms with Crippen LogP contribution in [0.25, 0.3) is 0 Å². The monoisotopic (exact) mass is 873 g/mol. The summed E-state index contributed by atoms with van der Waals surface area (Å²) in [6, 6.07) is 0. The van der Waals surface area contributed by atoms with Crippen molar-refractivity contribution in [1.29, 1.82) is 0 Å². The zero-order valence-corrected chi connectivity index (χ0v) is 41.7. The summed E-state index contributed by atoms with van der Waals surface area (Å²) in [5, 5.41) is 0. The molecule has 0 saturated heterocycles. The van der Waals surface area contributed by atoms with Gasteiger partial charge in [-0.1, -0.05) is 231 Å². The van der Waals surface area contributed by atoms with Crippen molar-refractivity contribution in [3.8, 4) is 0 Å². The average Bonchev–Trinajstić information content (AvgIpc) is 3.27. The third-order valence-electron chi connectivity index (χ3n) is 12.2. The lowest BCUT2D eigenvalue weighted by Gasteiger charge is -2.18. The van der Waals surface area contributed by atoms with Crippen molar-refractivity contribution in [3.05, 3.63) is 24.3 Å². The van der Waals surface area contributed by atoms with Crippen molar-refractivity contribution in [3.63, 3.8) is 0 Å². The van der Waals surface area contributed by atoms with Gasteiger partial charge in [0.2, 0.25) is 0 Å². The van der Waals surface area contributed by atoms with Gasteiger partial charge in [0, 0.05) is 19.3 Å². The molecule has 0 aromatic rings. The van der Waals surface area contributed by atoms with Crippen molar-refractivity contribution in [2.75, 3.05) is 13.2 Å². The maximum atomic E-state index is 12.8. The van der Waals surface area contributed by atoms with Gasteiger partial charge < -0.3 is 14.2 Å². The van der Waals surface area contributed by atoms with Crippen LogP contribution in [-0.4, -0.2) is 37.2 Å². The lowest BCUT2D eigenvalue weighted by atomic mass is 10.0. The predicted octanol–water partition coefficient (Wildman–Crippen LogP) is 17.9. The van der Waals surface area contributed by atoms with Crippen LogP contribution in [0, 0.1) is 0 Å². The number of carbonyl (C=O) groups is 3. The average molecular weight is 873 g/mol. The topological polar surface area (TPSA) is 78.9 Å². The van der Waals surface area contributed by atoms with E-state index in [4.69, 9.17) is 14.2 Å². The number of esters is 3. The van der Waals surface area contributed by atoms with E-state index in [0.717, 1.165) is 70.6 Å². The Hall–Kier alpha value is -2.11. The molecule has 0 aliphatic heterocycles. The Morgan fingerprint density at radius 1 is 0.306 bits per heavy atom. The van der Waals surface area contributed by atoms with Crippen LogP contribution in [0.4, 0.5) is 0 Å². The molecule has 0 amide bonds. The van der Waals surface area contributed by atoms with Crippen molar-refractivity contribution >= 4 is 17.9 Å². The second-order valence-electron chi connectivity index (χ2n) is 18.5. The highest BCUT2D eigenvalue weighted by Gasteiger charge is 2.19. The summed E-state index contributed by atoms with van der Waals surface area (Å²) >= 11 is 0. The van der Waals surface area contributed by atoms with Crippen LogP contribution >= 0.6 is 0 Å². The second-order valence-corrected chi connectivity index (χ2v) is 18.5. The van der Waals surface area contributed by atoms with Crippen LogP contribution < -0.4 is 0 Å². The first kappa shape index (κ1) is 59.9. The summed E-state index contributed by atoms with van der Waals surface area (Å²) in [7, 11) is 0. The Morgan fingerprint density at radius 3 is 0.855 bits per heavy atom. The lowest BCUT2D eigenvalue weighted by Crippen LogP contribution is -2.30. The van der Waals surface area contributed by atoms with E-state index in [9.17, 15) is 14.4 Å². The Bertz CT molecular complexity index is 1000. The molecule has 62 heavy (non-hydrogen) atoms. The van der Waals surface area contributed by atoms with Crippen LogP contribution in [-0.2, 0) is 28.6 Å². The number of unbranched alkanes of at least 4 members (excludes halogenated alkanes) is 35. The normalized spacial score (nSPS) is 12.1. The minimum absolute atomic E-state index is 0.0733. The fourth-order valence-electron chi connectivity index (χ4n) is 8.02. The molecule has 6 nitrogen and oxygen atoms in total. The van der Waals surface area contributed by atoms with Gasteiger partial charge in [0.25, 0.3) is 0 Å². The van der Waals surface area contributed by atoms with E-state index in [1.807, 2.05) is 0 Å². The van der Waals surface area contributed by atoms with E-state index < -0.39 is 6.10 Å². The smallest absolute Gasteiger partial charge is 0.306 e. The van der Waals surface area contributed by atoms with E-state index in [1.165, 1.54) is 186 Å². The van der Waals surface area contributed by atoms with E-state index in [1.54, 1.807) is 0 Å². The Morgan fingerprint density at radius 2 is 0.532 bits per heavy atom. The first-order valence-electron chi connectivity index (χ1n) is 27.3. The minimum Gasteiger partial charge on any atom is -0.462 e. The molecular weight excluding hydrogens is 769 g/mol. The maximum Gasteiger partial charge on any atom is 0.306 e. The van der Waals surface area contributed by atoms with Gasteiger partial charge in [0.15, 0.2) is 6.10 Å². The quantitative estimate of drug-likeness (QED) is 0.0262. The standard InChI is InChI=1S/C56H104O6/c1-4-7-10-13-16-19-22-25-26-27-28-29-30-32-34-37-40-43-46-49-55(58)61-52-53(51-60-54(57)48-45-42-39-36-33-24-21-18-15-12-9-6-3)62-56(59)50-47-44-41-38-35-31-23-20-17-14-11-8-5-2/h18,20-21,23,53H,4-17,19,22,24-52H2,1-3H3/b21-18-,23-20-/t53-/m1/s1. The van der Waals surface area contributed by atoms with Gasteiger partial charge in [-0.05, 0) is 70.6 Å². The molecule has 0 radical (unpaired) electrons. The van der Waals surface area contributed by atoms with Crippen LogP contribution in [0.1, 0.15) is 297 Å². The molecule has 0 aliphatic rings. The number of hydrogen-bond acceptors (Lipinski definition) is 6. The molecule has 0 aromatic heterocycles. The zero-order valence-electron chi connectivity index (χ0n) is 41.7. The van der Waals surface area contributed by atoms with Gasteiger partial charge >= 0.3 is 17.9 Å². The largest absolute Gasteiger partial charge is 0.462 e. The summed E-state index contributed by atoms with van der Waals surface area (Å²) in [4.78, 5) is 38.0. The fraction of sp³-hybridized carbons (Fsp3) is 0.875. The van der Waals surface area contributed by atoms with Crippen LogP contribution in [0.15, 0.2) is 24.3 Å². The Labute approximate surface area is 385 Å². The van der Waals surface area contributed by atoms with Crippen molar-refractivity contribution in [2.45, 2.75) is 303 Å². The van der Waals surface area contributed by atoms with Crippen LogP contribution in [0.2, 0.25) is 0 Å². The van der Waals surface area contributed by atoms with Crippen LogP contribution in [0.5, 0.6) is 0 Å². The van der Waals surface area contributed by atoms with Gasteiger partial charge in [-0.2, -0.15) is 0 Å². The fourth-order valence-corrected chi connectivity index (χ4v) is 8.02. The van der Waals surface area contributed by atoms with Gasteiger partial charge in [-0.25, -0.2) is 0 Å². The second kappa shape index (κ2) is 51.5. The van der Waals surface area contributed by atoms with E-state index >= 15 is 0 Å². The first-order chi connectivity index (χ1) is 30.5. The molecule has 0 fully saturated rings. The van der Waals surface area contributed by atoms with Crippen LogP contribution in [0.3, 0.4) is 0 Å². The summed E-state index contributed by atoms with van der Waals surface area (Å²) in [5.41, 5.74) is 0. The molecular formula is C56H104O6. The summed E-state index contributed by atoms with van der Waals surface area (Å²) in [5.74, 6) is -0.877. The summed E-state index contributed by atoms with van der Waals surface area (Å²) < 4.78 is 16.8. The molecule has 0 heterocycles. The summed E-state index contributed by atoms with van der Waals surface area (Å²) in [6.45, 7) is 6.62. The third-order valence-corrected chi connectivity index (χ3v) is 12.2. The summed E-state index contributed by atoms with van der Waals surface area (Å²) in [6.07, 6.45) is 58.8. The highest BCUT2D eigenvalue weighted by molar-refractivity contribution is 5.71.